The maximum Gasteiger partial charge on any atom is 0.229 e. The number of rotatable bonds is 14. The van der Waals surface area contributed by atoms with E-state index in [9.17, 15) is 0 Å². The van der Waals surface area contributed by atoms with Gasteiger partial charge < -0.3 is 29.9 Å². The van der Waals surface area contributed by atoms with E-state index in [4.69, 9.17) is 19.0 Å². The second-order valence-corrected chi connectivity index (χ2v) is 17.2. The topological polar surface area (TPSA) is 117 Å². The van der Waals surface area contributed by atoms with Crippen molar-refractivity contribution in [1.82, 2.24) is 36.2 Å². The number of hydrogen-bond donors (Lipinski definition) is 3. The maximum absolute atomic E-state index is 5.94. The van der Waals surface area contributed by atoms with Crippen LogP contribution in [0.3, 0.4) is 0 Å². The number of hydrogen-bond acceptors (Lipinski definition) is 10. The smallest absolute Gasteiger partial charge is 0.229 e. The monoisotopic (exact) mass is 702 g/mol. The Morgan fingerprint density at radius 1 is 0.673 bits per heavy atom. The van der Waals surface area contributed by atoms with Crippen LogP contribution in [0, 0.1) is 0 Å². The third-order valence-electron chi connectivity index (χ3n) is 13.7. The van der Waals surface area contributed by atoms with Gasteiger partial charge in [-0.15, -0.1) is 0 Å². The molecule has 3 heterocycles. The Hall–Kier alpha value is -3.60. The van der Waals surface area contributed by atoms with Crippen molar-refractivity contribution in [3.05, 3.63) is 89.2 Å². The summed E-state index contributed by atoms with van der Waals surface area (Å²) in [4.78, 5) is 12.5. The molecule has 274 valence electrons. The van der Waals surface area contributed by atoms with Crippen LogP contribution in [-0.4, -0.2) is 71.6 Å². The van der Waals surface area contributed by atoms with Crippen molar-refractivity contribution in [2.75, 3.05) is 38.1 Å². The van der Waals surface area contributed by atoms with Gasteiger partial charge in [0.1, 0.15) is 0 Å². The van der Waals surface area contributed by atoms with Gasteiger partial charge in [0.15, 0.2) is 11.6 Å². The summed E-state index contributed by atoms with van der Waals surface area (Å²) in [7, 11) is 2.07. The molecule has 0 bridgehead atoms. The molecule has 1 aliphatic heterocycles. The zero-order valence-electron chi connectivity index (χ0n) is 30.6. The molecule has 5 saturated carbocycles. The van der Waals surface area contributed by atoms with E-state index in [0.717, 1.165) is 101 Å². The number of nitrogens with zero attached hydrogens (tertiary/aromatic N) is 5. The summed E-state index contributed by atoms with van der Waals surface area (Å²) in [6.45, 7) is 3.92. The van der Waals surface area contributed by atoms with Crippen LogP contribution < -0.4 is 20.9 Å². The Kier molecular flexibility index (Phi) is 8.48. The molecule has 0 radical (unpaired) electrons. The van der Waals surface area contributed by atoms with Gasteiger partial charge in [0.25, 0.3) is 0 Å². The molecular weight excluding hydrogens is 649 g/mol. The first kappa shape index (κ1) is 33.0. The minimum atomic E-state index is 0.0568. The van der Waals surface area contributed by atoms with E-state index in [0.29, 0.717) is 41.8 Å². The summed E-state index contributed by atoms with van der Waals surface area (Å²) in [6.07, 6.45) is 13.7. The lowest BCUT2D eigenvalue weighted by Gasteiger charge is -2.32. The van der Waals surface area contributed by atoms with Crippen molar-refractivity contribution >= 4 is 5.69 Å². The van der Waals surface area contributed by atoms with Gasteiger partial charge in [-0.3, -0.25) is 0 Å². The molecule has 2 aromatic heterocycles. The van der Waals surface area contributed by atoms with Gasteiger partial charge in [-0.25, -0.2) is 0 Å². The fraction of sp³-hybridized carbons (Fsp3) is 0.619. The Balaban J connectivity index is 0.693. The van der Waals surface area contributed by atoms with E-state index in [1.165, 1.54) is 42.5 Å². The summed E-state index contributed by atoms with van der Waals surface area (Å²) < 4.78 is 11.8. The van der Waals surface area contributed by atoms with Gasteiger partial charge in [-0.05, 0) is 107 Å². The van der Waals surface area contributed by atoms with Crippen LogP contribution in [0.2, 0.25) is 0 Å². The molecule has 0 unspecified atom stereocenters. The highest BCUT2D eigenvalue weighted by Crippen LogP contribution is 2.50. The van der Waals surface area contributed by atoms with Crippen molar-refractivity contribution in [1.29, 1.82) is 0 Å². The third kappa shape index (κ3) is 6.60. The standard InChI is InChI=1S/C42H54N8O2/c1-43-31-12-10-28(11-13-31)37-46-39(48-51-37)42(18-19-42)26-45-36-24-34(36)30-8-5-9-32(22-30)50-20-14-29(15-21-50)38-47-40(49-52-38)41(16-17-41)25-44-35-23-33(35)27-6-3-2-4-7-27/h2-9,22,28-29,31,33-36,43-45H,10-21,23-26H2,1H3/t28?,31?,33-,34-,35+,36+/m0/s1. The van der Waals surface area contributed by atoms with Crippen LogP contribution in [0.15, 0.2) is 63.6 Å². The molecule has 10 heteroatoms. The molecule has 4 atom stereocenters. The van der Waals surface area contributed by atoms with Gasteiger partial charge in [-0.2, -0.15) is 9.97 Å². The van der Waals surface area contributed by atoms with Crippen LogP contribution in [0.4, 0.5) is 5.69 Å². The predicted octanol–water partition coefficient (Wildman–Crippen LogP) is 6.44. The summed E-state index contributed by atoms with van der Waals surface area (Å²) in [6, 6.07) is 21.9. The SMILES string of the molecule is CNC1CCC(c2nc(C3(CN[C@@H]4C[C@H]4c4cccc(N5CCC(c6nc(C7(CN[C@@H]8C[C@H]8c8ccccc8)CC7)no6)CC5)c4)CC3)no2)CC1. The number of aromatic nitrogens is 4. The summed E-state index contributed by atoms with van der Waals surface area (Å²) in [5.74, 6) is 5.53. The second-order valence-electron chi connectivity index (χ2n) is 17.2. The zero-order chi connectivity index (χ0) is 34.7. The van der Waals surface area contributed by atoms with Crippen LogP contribution in [-0.2, 0) is 10.8 Å². The van der Waals surface area contributed by atoms with Gasteiger partial charge in [0, 0.05) is 84.5 Å². The Labute approximate surface area is 307 Å². The minimum Gasteiger partial charge on any atom is -0.371 e. The Morgan fingerprint density at radius 2 is 1.23 bits per heavy atom. The van der Waals surface area contributed by atoms with Crippen molar-refractivity contribution < 1.29 is 9.05 Å². The zero-order valence-corrected chi connectivity index (χ0v) is 30.6. The fourth-order valence-electron chi connectivity index (χ4n) is 9.39. The number of benzene rings is 2. The summed E-state index contributed by atoms with van der Waals surface area (Å²) >= 11 is 0. The largest absolute Gasteiger partial charge is 0.371 e. The highest BCUT2D eigenvalue weighted by Gasteiger charge is 2.52. The molecular formula is C42H54N8O2. The lowest BCUT2D eigenvalue weighted by Crippen LogP contribution is -2.33. The molecule has 3 N–H and O–H groups in total. The molecule has 5 aliphatic carbocycles. The molecule has 0 spiro atoms. The van der Waals surface area contributed by atoms with E-state index in [1.54, 1.807) is 0 Å². The van der Waals surface area contributed by atoms with Crippen LogP contribution >= 0.6 is 0 Å². The molecule has 6 aliphatic rings. The first-order valence-corrected chi connectivity index (χ1v) is 20.3. The van der Waals surface area contributed by atoms with E-state index in [-0.39, 0.29) is 10.8 Å². The van der Waals surface area contributed by atoms with Gasteiger partial charge >= 0.3 is 0 Å². The Bertz CT molecular complexity index is 1830. The minimum absolute atomic E-state index is 0.0568. The van der Waals surface area contributed by atoms with Crippen molar-refractivity contribution in [3.8, 4) is 0 Å². The molecule has 0 amide bonds. The van der Waals surface area contributed by atoms with Crippen LogP contribution in [0.1, 0.15) is 135 Å². The Morgan fingerprint density at radius 3 is 1.81 bits per heavy atom. The molecule has 52 heavy (non-hydrogen) atoms. The second kappa shape index (κ2) is 13.4. The summed E-state index contributed by atoms with van der Waals surface area (Å²) in [5.41, 5.74) is 4.35. The van der Waals surface area contributed by atoms with E-state index in [1.807, 2.05) is 0 Å². The van der Waals surface area contributed by atoms with Crippen molar-refractivity contribution in [3.63, 3.8) is 0 Å². The van der Waals surface area contributed by atoms with Gasteiger partial charge in [-0.1, -0.05) is 52.8 Å². The number of nitrogens with one attached hydrogen (secondary N) is 3. The summed E-state index contributed by atoms with van der Waals surface area (Å²) in [5, 5.41) is 20.2. The molecule has 2 aromatic carbocycles. The molecule has 10 nitrogen and oxygen atoms in total. The highest BCUT2D eigenvalue weighted by atomic mass is 16.5. The predicted molar refractivity (Wildman–Crippen MR) is 200 cm³/mol. The average Bonchev–Trinajstić information content (AvgIpc) is 4.10. The highest BCUT2D eigenvalue weighted by molar-refractivity contribution is 5.51. The van der Waals surface area contributed by atoms with E-state index < -0.39 is 0 Å². The lowest BCUT2D eigenvalue weighted by atomic mass is 9.86. The number of anilines is 1. The number of piperidine rings is 1. The first-order valence-electron chi connectivity index (χ1n) is 20.3. The van der Waals surface area contributed by atoms with E-state index >= 15 is 0 Å². The third-order valence-corrected chi connectivity index (χ3v) is 13.7. The van der Waals surface area contributed by atoms with Gasteiger partial charge in [0.05, 0.1) is 0 Å². The molecule has 4 aromatic rings. The van der Waals surface area contributed by atoms with Crippen LogP contribution in [0.5, 0.6) is 0 Å². The molecule has 6 fully saturated rings. The maximum atomic E-state index is 5.94. The fourth-order valence-corrected chi connectivity index (χ4v) is 9.39. The van der Waals surface area contributed by atoms with Gasteiger partial charge in [0.2, 0.25) is 11.8 Å². The molecule has 10 rings (SSSR count). The van der Waals surface area contributed by atoms with Crippen LogP contribution in [0.25, 0.3) is 0 Å². The quantitative estimate of drug-likeness (QED) is 0.136. The normalized spacial score (nSPS) is 30.3. The van der Waals surface area contributed by atoms with E-state index in [2.05, 4.69) is 92.8 Å². The lowest BCUT2D eigenvalue weighted by molar-refractivity contribution is 0.286. The molecule has 1 saturated heterocycles. The first-order chi connectivity index (χ1) is 25.6. The van der Waals surface area contributed by atoms with Crippen molar-refractivity contribution in [2.24, 2.45) is 0 Å². The van der Waals surface area contributed by atoms with Crippen molar-refractivity contribution in [2.45, 2.75) is 130 Å². The average molecular weight is 703 g/mol.